The van der Waals surface area contributed by atoms with Crippen LogP contribution >= 0.6 is 0 Å². The second-order valence-corrected chi connectivity index (χ2v) is 5.29. The first-order valence-corrected chi connectivity index (χ1v) is 7.46. The van der Waals surface area contributed by atoms with Crippen LogP contribution in [0.4, 0.5) is 0 Å². The summed E-state index contributed by atoms with van der Waals surface area (Å²) in [5.41, 5.74) is 0. The van der Waals surface area contributed by atoms with Crippen LogP contribution in [0.2, 0.25) is 0 Å². The number of morpholine rings is 1. The molecule has 5 heteroatoms. The van der Waals surface area contributed by atoms with Gasteiger partial charge in [0.15, 0.2) is 0 Å². The van der Waals surface area contributed by atoms with Crippen molar-refractivity contribution < 1.29 is 18.6 Å². The van der Waals surface area contributed by atoms with Crippen molar-refractivity contribution in [1.29, 1.82) is 0 Å². The Morgan fingerprint density at radius 3 is 2.73 bits per heavy atom. The number of hydrogen-bond donors (Lipinski definition) is 0. The van der Waals surface area contributed by atoms with Crippen LogP contribution in [0.3, 0.4) is 0 Å². The van der Waals surface area contributed by atoms with Gasteiger partial charge in [-0.3, -0.25) is 4.90 Å². The maximum Gasteiger partial charge on any atom is 0.119 e. The Morgan fingerprint density at radius 2 is 2.00 bits per heavy atom. The zero-order chi connectivity index (χ0) is 15.2. The molecular weight excluding hydrogens is 282 g/mol. The van der Waals surface area contributed by atoms with Crippen molar-refractivity contribution in [3.05, 3.63) is 48.4 Å². The number of benzene rings is 1. The van der Waals surface area contributed by atoms with Crippen molar-refractivity contribution in [3.63, 3.8) is 0 Å². The Hall–Kier alpha value is -1.98. The molecule has 0 amide bonds. The first kappa shape index (κ1) is 14.9. The number of methoxy groups -OCH3 is 1. The second-order valence-electron chi connectivity index (χ2n) is 5.29. The van der Waals surface area contributed by atoms with Gasteiger partial charge in [-0.1, -0.05) is 0 Å². The van der Waals surface area contributed by atoms with E-state index in [-0.39, 0.29) is 6.10 Å². The summed E-state index contributed by atoms with van der Waals surface area (Å²) in [7, 11) is 1.65. The molecule has 1 saturated heterocycles. The molecule has 1 atom stereocenters. The normalized spacial score (nSPS) is 19.0. The number of nitrogens with zero attached hydrogens (tertiary/aromatic N) is 1. The Bertz CT molecular complexity index is 553. The molecule has 1 aromatic carbocycles. The molecule has 0 aliphatic carbocycles. The molecule has 2 heterocycles. The SMILES string of the molecule is COc1ccc(OCC2CN(Cc3ccco3)CCO2)cc1. The summed E-state index contributed by atoms with van der Waals surface area (Å²) in [5.74, 6) is 2.63. The number of furan rings is 1. The van der Waals surface area contributed by atoms with Gasteiger partial charge in [0.2, 0.25) is 0 Å². The quantitative estimate of drug-likeness (QED) is 0.820. The molecule has 5 nitrogen and oxygen atoms in total. The summed E-state index contributed by atoms with van der Waals surface area (Å²) < 4.78 is 22.1. The van der Waals surface area contributed by atoms with Crippen molar-refractivity contribution >= 4 is 0 Å². The van der Waals surface area contributed by atoms with Gasteiger partial charge >= 0.3 is 0 Å². The topological polar surface area (TPSA) is 44.1 Å². The summed E-state index contributed by atoms with van der Waals surface area (Å²) in [6, 6.07) is 11.5. The molecule has 1 aliphatic heterocycles. The summed E-state index contributed by atoms with van der Waals surface area (Å²) in [6.07, 6.45) is 1.78. The van der Waals surface area contributed by atoms with E-state index in [1.165, 1.54) is 0 Å². The third kappa shape index (κ3) is 4.02. The van der Waals surface area contributed by atoms with Crippen LogP contribution in [0.25, 0.3) is 0 Å². The molecule has 1 aliphatic rings. The Morgan fingerprint density at radius 1 is 1.18 bits per heavy atom. The molecular formula is C17H21NO4. The molecule has 0 bridgehead atoms. The predicted molar refractivity (Wildman–Crippen MR) is 82.2 cm³/mol. The van der Waals surface area contributed by atoms with Gasteiger partial charge in [-0.05, 0) is 36.4 Å². The summed E-state index contributed by atoms with van der Waals surface area (Å²) in [4.78, 5) is 2.32. The van der Waals surface area contributed by atoms with Crippen molar-refractivity contribution in [2.24, 2.45) is 0 Å². The maximum absolute atomic E-state index is 5.80. The van der Waals surface area contributed by atoms with E-state index in [0.29, 0.717) is 6.61 Å². The molecule has 0 saturated carbocycles. The molecule has 3 rings (SSSR count). The molecule has 0 radical (unpaired) electrons. The standard InChI is InChI=1S/C17H21NO4/c1-19-14-4-6-15(7-5-14)22-13-17-12-18(8-10-21-17)11-16-3-2-9-20-16/h2-7,9,17H,8,10-13H2,1H3. The van der Waals surface area contributed by atoms with Gasteiger partial charge in [-0.15, -0.1) is 0 Å². The van der Waals surface area contributed by atoms with Gasteiger partial charge in [-0.2, -0.15) is 0 Å². The van der Waals surface area contributed by atoms with Crippen LogP contribution in [0.1, 0.15) is 5.76 Å². The van der Waals surface area contributed by atoms with E-state index in [4.69, 9.17) is 18.6 Å². The Balaban J connectivity index is 1.47. The zero-order valence-corrected chi connectivity index (χ0v) is 12.7. The lowest BCUT2D eigenvalue weighted by atomic mass is 10.2. The average Bonchev–Trinajstić information content (AvgIpc) is 3.07. The second kappa shape index (κ2) is 7.33. The Kier molecular flexibility index (Phi) is 4.98. The molecule has 0 N–H and O–H groups in total. The van der Waals surface area contributed by atoms with Crippen LogP contribution in [-0.4, -0.2) is 44.4 Å². The van der Waals surface area contributed by atoms with E-state index in [1.807, 2.05) is 36.4 Å². The van der Waals surface area contributed by atoms with Gasteiger partial charge in [0.25, 0.3) is 0 Å². The monoisotopic (exact) mass is 303 g/mol. The molecule has 1 fully saturated rings. The lowest BCUT2D eigenvalue weighted by Gasteiger charge is -2.32. The zero-order valence-electron chi connectivity index (χ0n) is 12.7. The van der Waals surface area contributed by atoms with Crippen molar-refractivity contribution in [1.82, 2.24) is 4.90 Å². The maximum atomic E-state index is 5.80. The van der Waals surface area contributed by atoms with Crippen molar-refractivity contribution in [3.8, 4) is 11.5 Å². The van der Waals surface area contributed by atoms with Crippen LogP contribution < -0.4 is 9.47 Å². The van der Waals surface area contributed by atoms with Gasteiger partial charge in [0, 0.05) is 13.1 Å². The Labute approximate surface area is 130 Å². The number of rotatable bonds is 6. The third-order valence-electron chi connectivity index (χ3n) is 3.68. The summed E-state index contributed by atoms with van der Waals surface area (Å²) in [5, 5.41) is 0. The van der Waals surface area contributed by atoms with E-state index in [2.05, 4.69) is 4.90 Å². The van der Waals surface area contributed by atoms with E-state index >= 15 is 0 Å². The predicted octanol–water partition coefficient (Wildman–Crippen LogP) is 2.57. The molecule has 2 aromatic rings. The lowest BCUT2D eigenvalue weighted by molar-refractivity contribution is -0.0518. The van der Waals surface area contributed by atoms with Gasteiger partial charge in [-0.25, -0.2) is 0 Å². The van der Waals surface area contributed by atoms with Gasteiger partial charge in [0.1, 0.15) is 30.0 Å². The minimum atomic E-state index is 0.0748. The van der Waals surface area contributed by atoms with E-state index < -0.39 is 0 Å². The number of ether oxygens (including phenoxy) is 3. The van der Waals surface area contributed by atoms with Crippen molar-refractivity contribution in [2.75, 3.05) is 33.4 Å². The van der Waals surface area contributed by atoms with Gasteiger partial charge in [0.05, 0.1) is 26.5 Å². The summed E-state index contributed by atoms with van der Waals surface area (Å²) in [6.45, 7) is 3.84. The molecule has 1 aromatic heterocycles. The first-order chi connectivity index (χ1) is 10.8. The minimum Gasteiger partial charge on any atom is -0.497 e. The fourth-order valence-electron chi connectivity index (χ4n) is 2.51. The smallest absolute Gasteiger partial charge is 0.119 e. The fraction of sp³-hybridized carbons (Fsp3) is 0.412. The lowest BCUT2D eigenvalue weighted by Crippen LogP contribution is -2.44. The molecule has 0 spiro atoms. The highest BCUT2D eigenvalue weighted by atomic mass is 16.5. The highest BCUT2D eigenvalue weighted by molar-refractivity contribution is 5.31. The van der Waals surface area contributed by atoms with E-state index in [0.717, 1.165) is 43.5 Å². The highest BCUT2D eigenvalue weighted by Gasteiger charge is 2.21. The van der Waals surface area contributed by atoms with Crippen LogP contribution in [0.5, 0.6) is 11.5 Å². The largest absolute Gasteiger partial charge is 0.497 e. The molecule has 118 valence electrons. The molecule has 1 unspecified atom stereocenters. The fourth-order valence-corrected chi connectivity index (χ4v) is 2.51. The van der Waals surface area contributed by atoms with Crippen LogP contribution in [0.15, 0.2) is 47.1 Å². The van der Waals surface area contributed by atoms with Crippen LogP contribution in [-0.2, 0) is 11.3 Å². The van der Waals surface area contributed by atoms with Crippen LogP contribution in [0, 0.1) is 0 Å². The van der Waals surface area contributed by atoms with E-state index in [1.54, 1.807) is 13.4 Å². The highest BCUT2D eigenvalue weighted by Crippen LogP contribution is 2.18. The first-order valence-electron chi connectivity index (χ1n) is 7.46. The van der Waals surface area contributed by atoms with Gasteiger partial charge < -0.3 is 18.6 Å². The third-order valence-corrected chi connectivity index (χ3v) is 3.68. The average molecular weight is 303 g/mol. The van der Waals surface area contributed by atoms with Crippen molar-refractivity contribution in [2.45, 2.75) is 12.6 Å². The number of hydrogen-bond acceptors (Lipinski definition) is 5. The summed E-state index contributed by atoms with van der Waals surface area (Å²) >= 11 is 0. The van der Waals surface area contributed by atoms with E-state index in [9.17, 15) is 0 Å². The minimum absolute atomic E-state index is 0.0748. The molecule has 22 heavy (non-hydrogen) atoms.